The molecule has 4 nitrogen and oxygen atoms in total. The maximum Gasteiger partial charge on any atom is 0.231 e. The van der Waals surface area contributed by atoms with Gasteiger partial charge in [0.1, 0.15) is 21.8 Å². The van der Waals surface area contributed by atoms with E-state index < -0.39 is 45.9 Å². The number of Topliss-reactive ketones (excluding diaryl/α,β-unsaturated/α-hetero) is 2. The molecule has 1 amide bonds. The maximum atomic E-state index is 15.2. The molecule has 2 saturated carbocycles. The van der Waals surface area contributed by atoms with Crippen LogP contribution in [0.15, 0.2) is 42.5 Å². The number of hydrogen-bond acceptors (Lipinski definition) is 3. The highest BCUT2D eigenvalue weighted by Crippen LogP contribution is 2.65. The van der Waals surface area contributed by atoms with Crippen LogP contribution in [0.5, 0.6) is 0 Å². The van der Waals surface area contributed by atoms with Gasteiger partial charge in [0.15, 0.2) is 5.78 Å². The Kier molecular flexibility index (Phi) is 9.16. The van der Waals surface area contributed by atoms with Crippen molar-refractivity contribution in [2.24, 2.45) is 11.8 Å². The van der Waals surface area contributed by atoms with Gasteiger partial charge in [0, 0.05) is 42.0 Å². The number of amides is 1. The Morgan fingerprint density at radius 3 is 2.19 bits per heavy atom. The van der Waals surface area contributed by atoms with Crippen molar-refractivity contribution in [1.29, 1.82) is 0 Å². The first kappa shape index (κ1) is 31.5. The van der Waals surface area contributed by atoms with E-state index in [1.54, 1.807) is 0 Å². The van der Waals surface area contributed by atoms with Gasteiger partial charge >= 0.3 is 0 Å². The van der Waals surface area contributed by atoms with Crippen LogP contribution in [0.25, 0.3) is 0 Å². The molecular weight excluding hydrogens is 673 g/mol. The van der Waals surface area contributed by atoms with Gasteiger partial charge in [-0.1, -0.05) is 52.5 Å². The largest absolute Gasteiger partial charge is 0.326 e. The first-order valence-electron chi connectivity index (χ1n) is 12.9. The highest BCUT2D eigenvalue weighted by Gasteiger charge is 2.67. The normalized spacial score (nSPS) is 19.0. The molecule has 42 heavy (non-hydrogen) atoms. The minimum Gasteiger partial charge on any atom is -0.326 e. The standard InChI is InChI=1S/C30H21Cl6F2NO3/c31-20-5-4-16(39-29(42)26-25(30(26,35)36)15-8-21(32)27(34)22(33)9-15)11-18(20)24(41)10-14-3-6-23(37)19(28(14)38)12-17(40)7-13-1-2-13/h3-6,8-9,11,13,25-26H,1-2,7,10,12H2,(H,39,42)/t25-,26+/m0/s1. The molecule has 2 aliphatic carbocycles. The first-order chi connectivity index (χ1) is 19.8. The van der Waals surface area contributed by atoms with E-state index >= 15 is 4.39 Å². The summed E-state index contributed by atoms with van der Waals surface area (Å²) in [6, 6.07) is 9.52. The average molecular weight is 694 g/mol. The summed E-state index contributed by atoms with van der Waals surface area (Å²) in [5, 5.41) is 3.29. The number of ketones is 2. The van der Waals surface area contributed by atoms with Gasteiger partial charge < -0.3 is 5.32 Å². The fourth-order valence-electron chi connectivity index (χ4n) is 4.99. The van der Waals surface area contributed by atoms with Crippen LogP contribution in [0.1, 0.15) is 52.2 Å². The van der Waals surface area contributed by atoms with Gasteiger partial charge in [0.05, 0.1) is 26.0 Å². The SMILES string of the molecule is O=C(Cc1c(F)ccc(CC(=O)c2cc(NC(=O)[C@H]3[C@H](c4cc(Cl)c(Cl)c(Cl)c4)C3(Cl)Cl)ccc2Cl)c1F)CC1CC1. The van der Waals surface area contributed by atoms with Gasteiger partial charge in [0.25, 0.3) is 0 Å². The molecule has 3 aromatic rings. The van der Waals surface area contributed by atoms with E-state index in [0.717, 1.165) is 18.9 Å². The molecule has 3 aromatic carbocycles. The van der Waals surface area contributed by atoms with Crippen molar-refractivity contribution in [3.8, 4) is 0 Å². The molecule has 2 fully saturated rings. The smallest absolute Gasteiger partial charge is 0.231 e. The van der Waals surface area contributed by atoms with Crippen molar-refractivity contribution in [3.63, 3.8) is 0 Å². The van der Waals surface area contributed by atoms with E-state index in [1.165, 1.54) is 36.4 Å². The van der Waals surface area contributed by atoms with E-state index in [4.69, 9.17) is 69.6 Å². The van der Waals surface area contributed by atoms with Crippen LogP contribution in [-0.2, 0) is 22.4 Å². The predicted molar refractivity (Wildman–Crippen MR) is 163 cm³/mol. The summed E-state index contributed by atoms with van der Waals surface area (Å²) in [6.07, 6.45) is 1.35. The van der Waals surface area contributed by atoms with Crippen LogP contribution >= 0.6 is 69.6 Å². The van der Waals surface area contributed by atoms with Crippen LogP contribution in [-0.4, -0.2) is 21.8 Å². The molecule has 220 valence electrons. The fourth-order valence-corrected chi connectivity index (χ4v) is 6.65. The van der Waals surface area contributed by atoms with Crippen LogP contribution in [0.4, 0.5) is 14.5 Å². The summed E-state index contributed by atoms with van der Waals surface area (Å²) in [6.45, 7) is 0. The lowest BCUT2D eigenvalue weighted by Crippen LogP contribution is -2.17. The molecule has 1 N–H and O–H groups in total. The molecule has 0 unspecified atom stereocenters. The lowest BCUT2D eigenvalue weighted by Gasteiger charge is -2.11. The number of carbonyl (C=O) groups is 3. The highest BCUT2D eigenvalue weighted by atomic mass is 35.5. The number of hydrogen-bond donors (Lipinski definition) is 1. The lowest BCUT2D eigenvalue weighted by molar-refractivity contribution is -0.119. The Morgan fingerprint density at radius 2 is 1.55 bits per heavy atom. The average Bonchev–Trinajstić information content (AvgIpc) is 3.83. The second-order valence-corrected chi connectivity index (χ2v) is 13.6. The molecule has 0 saturated heterocycles. The highest BCUT2D eigenvalue weighted by molar-refractivity contribution is 6.54. The number of anilines is 1. The molecule has 0 aromatic heterocycles. The van der Waals surface area contributed by atoms with Crippen molar-refractivity contribution in [2.45, 2.75) is 42.4 Å². The Hall–Kier alpha value is -1.93. The molecule has 2 aliphatic rings. The van der Waals surface area contributed by atoms with E-state index in [0.29, 0.717) is 5.56 Å². The summed E-state index contributed by atoms with van der Waals surface area (Å²) in [5.41, 5.74) is 0.334. The van der Waals surface area contributed by atoms with Crippen LogP contribution in [0.3, 0.4) is 0 Å². The zero-order valence-corrected chi connectivity index (χ0v) is 26.1. The topological polar surface area (TPSA) is 63.2 Å². The Bertz CT molecular complexity index is 1600. The van der Waals surface area contributed by atoms with E-state index in [9.17, 15) is 18.8 Å². The van der Waals surface area contributed by atoms with Crippen molar-refractivity contribution < 1.29 is 23.2 Å². The van der Waals surface area contributed by atoms with Crippen molar-refractivity contribution >= 4 is 92.8 Å². The van der Waals surface area contributed by atoms with Crippen LogP contribution < -0.4 is 5.32 Å². The molecule has 0 bridgehead atoms. The minimum atomic E-state index is -1.45. The molecule has 0 radical (unpaired) electrons. The van der Waals surface area contributed by atoms with Crippen LogP contribution in [0.2, 0.25) is 20.1 Å². The number of alkyl halides is 2. The summed E-state index contributed by atoms with van der Waals surface area (Å²) >= 11 is 37.4. The van der Waals surface area contributed by atoms with Gasteiger partial charge in [-0.05, 0) is 66.3 Å². The summed E-state index contributed by atoms with van der Waals surface area (Å²) < 4.78 is 28.1. The van der Waals surface area contributed by atoms with Gasteiger partial charge in [-0.3, -0.25) is 14.4 Å². The predicted octanol–water partition coefficient (Wildman–Crippen LogP) is 9.44. The molecule has 12 heteroatoms. The quantitative estimate of drug-likeness (QED) is 0.131. The first-order valence-corrected chi connectivity index (χ1v) is 15.2. The summed E-state index contributed by atoms with van der Waals surface area (Å²) in [5.74, 6) is -4.35. The summed E-state index contributed by atoms with van der Waals surface area (Å²) in [4.78, 5) is 38.6. The van der Waals surface area contributed by atoms with Crippen LogP contribution in [0, 0.1) is 23.5 Å². The van der Waals surface area contributed by atoms with Gasteiger partial charge in [-0.25, -0.2) is 8.78 Å². The second-order valence-electron chi connectivity index (χ2n) is 10.6. The number of carbonyl (C=O) groups excluding carboxylic acids is 3. The van der Waals surface area contributed by atoms with Crippen molar-refractivity contribution in [2.75, 3.05) is 5.32 Å². The summed E-state index contributed by atoms with van der Waals surface area (Å²) in [7, 11) is 0. The maximum absolute atomic E-state index is 15.2. The molecule has 0 aliphatic heterocycles. The monoisotopic (exact) mass is 691 g/mol. The Balaban J connectivity index is 1.30. The van der Waals surface area contributed by atoms with E-state index in [-0.39, 0.29) is 67.0 Å². The van der Waals surface area contributed by atoms with E-state index in [1.807, 2.05) is 0 Å². The van der Waals surface area contributed by atoms with Crippen molar-refractivity contribution in [3.05, 3.63) is 96.4 Å². The molecule has 0 spiro atoms. The third-order valence-corrected chi connectivity index (χ3v) is 9.91. The zero-order valence-electron chi connectivity index (χ0n) is 21.6. The van der Waals surface area contributed by atoms with Gasteiger partial charge in [0.2, 0.25) is 5.91 Å². The van der Waals surface area contributed by atoms with Gasteiger partial charge in [-0.15, -0.1) is 23.2 Å². The molecule has 2 atom stereocenters. The van der Waals surface area contributed by atoms with E-state index in [2.05, 4.69) is 5.32 Å². The molecular formula is C30H21Cl6F2NO3. The van der Waals surface area contributed by atoms with Gasteiger partial charge in [-0.2, -0.15) is 0 Å². The lowest BCUT2D eigenvalue weighted by atomic mass is 9.97. The number of benzene rings is 3. The number of halogens is 8. The Morgan fingerprint density at radius 1 is 0.881 bits per heavy atom. The second kappa shape index (κ2) is 12.2. The van der Waals surface area contributed by atoms with Crippen molar-refractivity contribution in [1.82, 2.24) is 0 Å². The number of rotatable bonds is 10. The fraction of sp³-hybridized carbons (Fsp3) is 0.300. The Labute approximate surface area is 270 Å². The zero-order chi connectivity index (χ0) is 30.5. The third kappa shape index (κ3) is 6.59. The molecule has 0 heterocycles. The third-order valence-electron chi connectivity index (χ3n) is 7.44. The molecule has 5 rings (SSSR count). The number of nitrogens with one attached hydrogen (secondary N) is 1. The minimum absolute atomic E-state index is 0.0103.